The van der Waals surface area contributed by atoms with Crippen LogP contribution in [0, 0.1) is 12.3 Å². The highest BCUT2D eigenvalue weighted by molar-refractivity contribution is 5.79. The van der Waals surface area contributed by atoms with Crippen molar-refractivity contribution < 1.29 is 19.7 Å². The second-order valence-electron chi connectivity index (χ2n) is 4.61. The molecule has 1 saturated carbocycles. The molecule has 17 heavy (non-hydrogen) atoms. The third-order valence-electron chi connectivity index (χ3n) is 3.42. The maximum atomic E-state index is 11.2. The standard InChI is InChI=1S/C13H16O4/c1-8-3-4-10(17-2)9(7-8)11(14)13(5-6-13)12(15)16/h3-4,7,11,14H,5-6H2,1-2H3,(H,15,16). The first-order chi connectivity index (χ1) is 8.01. The van der Waals surface area contributed by atoms with Gasteiger partial charge < -0.3 is 14.9 Å². The molecule has 0 aromatic heterocycles. The molecule has 4 heteroatoms. The number of aliphatic hydroxyl groups is 1. The first kappa shape index (κ1) is 11.9. The molecular formula is C13H16O4. The Hall–Kier alpha value is -1.55. The van der Waals surface area contributed by atoms with E-state index in [1.54, 1.807) is 12.1 Å². The summed E-state index contributed by atoms with van der Waals surface area (Å²) in [6.07, 6.45) is 0.0242. The summed E-state index contributed by atoms with van der Waals surface area (Å²) in [7, 11) is 1.52. The molecule has 0 amide bonds. The molecule has 2 N–H and O–H groups in total. The molecule has 1 aromatic rings. The molecule has 92 valence electrons. The lowest BCUT2D eigenvalue weighted by Gasteiger charge is -2.21. The molecule has 1 fully saturated rings. The van der Waals surface area contributed by atoms with Crippen molar-refractivity contribution in [3.63, 3.8) is 0 Å². The van der Waals surface area contributed by atoms with Crippen molar-refractivity contribution in [2.24, 2.45) is 5.41 Å². The lowest BCUT2D eigenvalue weighted by atomic mass is 9.91. The highest BCUT2D eigenvalue weighted by atomic mass is 16.5. The summed E-state index contributed by atoms with van der Waals surface area (Å²) in [5.41, 5.74) is 0.523. The zero-order valence-electron chi connectivity index (χ0n) is 9.93. The molecule has 0 heterocycles. The van der Waals surface area contributed by atoms with Gasteiger partial charge in [-0.3, -0.25) is 4.79 Å². The van der Waals surface area contributed by atoms with E-state index in [9.17, 15) is 9.90 Å². The SMILES string of the molecule is COc1ccc(C)cc1C(O)C1(C(=O)O)CC1. The molecule has 0 spiro atoms. The summed E-state index contributed by atoms with van der Waals surface area (Å²) in [5.74, 6) is -0.399. The number of carboxylic acids is 1. The average molecular weight is 236 g/mol. The van der Waals surface area contributed by atoms with Crippen LogP contribution >= 0.6 is 0 Å². The minimum Gasteiger partial charge on any atom is -0.496 e. The molecule has 0 saturated heterocycles. The number of ether oxygens (including phenoxy) is 1. The van der Waals surface area contributed by atoms with Crippen LogP contribution in [0.5, 0.6) is 5.75 Å². The number of hydrogen-bond acceptors (Lipinski definition) is 3. The van der Waals surface area contributed by atoms with Crippen LogP contribution in [-0.4, -0.2) is 23.3 Å². The first-order valence-corrected chi connectivity index (χ1v) is 5.57. The number of carbonyl (C=O) groups is 1. The minimum absolute atomic E-state index is 0.514. The third kappa shape index (κ3) is 1.89. The fourth-order valence-electron chi connectivity index (χ4n) is 2.10. The van der Waals surface area contributed by atoms with Crippen LogP contribution in [0.4, 0.5) is 0 Å². The van der Waals surface area contributed by atoms with Gasteiger partial charge in [0.25, 0.3) is 0 Å². The minimum atomic E-state index is -1.01. The Bertz CT molecular complexity index is 449. The van der Waals surface area contributed by atoms with E-state index in [4.69, 9.17) is 9.84 Å². The van der Waals surface area contributed by atoms with Crippen LogP contribution in [0.15, 0.2) is 18.2 Å². The van der Waals surface area contributed by atoms with Gasteiger partial charge in [0.15, 0.2) is 0 Å². The Morgan fingerprint density at radius 3 is 2.59 bits per heavy atom. The van der Waals surface area contributed by atoms with Gasteiger partial charge in [0.05, 0.1) is 18.6 Å². The van der Waals surface area contributed by atoms with Crippen molar-refractivity contribution >= 4 is 5.97 Å². The lowest BCUT2D eigenvalue weighted by Crippen LogP contribution is -2.24. The normalized spacial score (nSPS) is 18.5. The fraction of sp³-hybridized carbons (Fsp3) is 0.462. The van der Waals surface area contributed by atoms with E-state index in [1.807, 2.05) is 13.0 Å². The van der Waals surface area contributed by atoms with Gasteiger partial charge >= 0.3 is 5.97 Å². The molecule has 1 unspecified atom stereocenters. The summed E-state index contributed by atoms with van der Waals surface area (Å²) in [4.78, 5) is 11.2. The van der Waals surface area contributed by atoms with Gasteiger partial charge in [0, 0.05) is 5.56 Å². The average Bonchev–Trinajstić information content (AvgIpc) is 3.09. The number of aryl methyl sites for hydroxylation is 1. The molecule has 1 aromatic carbocycles. The van der Waals surface area contributed by atoms with E-state index in [0.717, 1.165) is 5.56 Å². The number of rotatable bonds is 4. The second-order valence-corrected chi connectivity index (χ2v) is 4.61. The quantitative estimate of drug-likeness (QED) is 0.838. The smallest absolute Gasteiger partial charge is 0.312 e. The second kappa shape index (κ2) is 4.04. The van der Waals surface area contributed by atoms with Crippen molar-refractivity contribution in [1.29, 1.82) is 0 Å². The Labute approximate surface area is 99.8 Å². The van der Waals surface area contributed by atoms with Gasteiger partial charge in [-0.05, 0) is 31.9 Å². The van der Waals surface area contributed by atoms with Crippen molar-refractivity contribution in [2.75, 3.05) is 7.11 Å². The number of aliphatic carboxylic acids is 1. The van der Waals surface area contributed by atoms with Gasteiger partial charge in [-0.1, -0.05) is 11.6 Å². The van der Waals surface area contributed by atoms with Gasteiger partial charge in [0.1, 0.15) is 5.75 Å². The van der Waals surface area contributed by atoms with Gasteiger partial charge in [0.2, 0.25) is 0 Å². The summed E-state index contributed by atoms with van der Waals surface area (Å²) < 4.78 is 5.17. The highest BCUT2D eigenvalue weighted by Gasteiger charge is 2.57. The molecule has 1 atom stereocenters. The van der Waals surface area contributed by atoms with E-state index in [1.165, 1.54) is 7.11 Å². The molecule has 1 aliphatic rings. The van der Waals surface area contributed by atoms with Gasteiger partial charge in [-0.25, -0.2) is 0 Å². The van der Waals surface area contributed by atoms with Crippen LogP contribution in [0.3, 0.4) is 0 Å². The van der Waals surface area contributed by atoms with Crippen LogP contribution in [0.2, 0.25) is 0 Å². The molecule has 0 aliphatic heterocycles. The van der Waals surface area contributed by atoms with Crippen molar-refractivity contribution in [3.8, 4) is 5.75 Å². The first-order valence-electron chi connectivity index (χ1n) is 5.57. The Balaban J connectivity index is 2.40. The number of carboxylic acid groups (broad SMARTS) is 1. The van der Waals surface area contributed by atoms with Crippen LogP contribution in [0.25, 0.3) is 0 Å². The molecule has 4 nitrogen and oxygen atoms in total. The molecule has 2 rings (SSSR count). The van der Waals surface area contributed by atoms with Crippen molar-refractivity contribution in [3.05, 3.63) is 29.3 Å². The van der Waals surface area contributed by atoms with E-state index < -0.39 is 17.5 Å². The lowest BCUT2D eigenvalue weighted by molar-refractivity contribution is -0.148. The molecule has 1 aliphatic carbocycles. The molecule has 0 radical (unpaired) electrons. The van der Waals surface area contributed by atoms with Crippen molar-refractivity contribution in [1.82, 2.24) is 0 Å². The van der Waals surface area contributed by atoms with Crippen molar-refractivity contribution in [2.45, 2.75) is 25.9 Å². The maximum Gasteiger partial charge on any atom is 0.312 e. The van der Waals surface area contributed by atoms with E-state index in [2.05, 4.69) is 0 Å². The Morgan fingerprint density at radius 1 is 1.47 bits per heavy atom. The van der Waals surface area contributed by atoms with Gasteiger partial charge in [-0.2, -0.15) is 0 Å². The Kier molecular flexibility index (Phi) is 2.83. The van der Waals surface area contributed by atoms with Crippen LogP contribution in [0.1, 0.15) is 30.1 Å². The zero-order valence-corrected chi connectivity index (χ0v) is 9.93. The summed E-state index contributed by atoms with van der Waals surface area (Å²) in [6.45, 7) is 1.90. The number of methoxy groups -OCH3 is 1. The zero-order chi connectivity index (χ0) is 12.6. The highest BCUT2D eigenvalue weighted by Crippen LogP contribution is 2.56. The fourth-order valence-corrected chi connectivity index (χ4v) is 2.10. The topological polar surface area (TPSA) is 66.8 Å². The number of benzene rings is 1. The molecule has 0 bridgehead atoms. The van der Waals surface area contributed by atoms with Gasteiger partial charge in [-0.15, -0.1) is 0 Å². The maximum absolute atomic E-state index is 11.2. The summed E-state index contributed by atoms with van der Waals surface area (Å²) in [6, 6.07) is 5.41. The molecular weight excluding hydrogens is 220 g/mol. The Morgan fingerprint density at radius 2 is 2.12 bits per heavy atom. The third-order valence-corrected chi connectivity index (χ3v) is 3.42. The van der Waals surface area contributed by atoms with Crippen LogP contribution < -0.4 is 4.74 Å². The predicted octanol–water partition coefficient (Wildman–Crippen LogP) is 1.90. The predicted molar refractivity (Wildman–Crippen MR) is 62.0 cm³/mol. The largest absolute Gasteiger partial charge is 0.496 e. The van der Waals surface area contributed by atoms with Crippen LogP contribution in [-0.2, 0) is 4.79 Å². The summed E-state index contributed by atoms with van der Waals surface area (Å²) in [5, 5.41) is 19.4. The monoisotopic (exact) mass is 236 g/mol. The number of aliphatic hydroxyl groups excluding tert-OH is 1. The van der Waals surface area contributed by atoms with E-state index in [-0.39, 0.29) is 0 Å². The van der Waals surface area contributed by atoms with E-state index in [0.29, 0.717) is 24.2 Å². The van der Waals surface area contributed by atoms with E-state index >= 15 is 0 Å². The number of hydrogen-bond donors (Lipinski definition) is 2. The summed E-state index contributed by atoms with van der Waals surface area (Å²) >= 11 is 0.